The van der Waals surface area contributed by atoms with Gasteiger partial charge in [0.1, 0.15) is 5.82 Å². The van der Waals surface area contributed by atoms with Gasteiger partial charge in [-0.2, -0.15) is 0 Å². The number of thiophene rings is 1. The number of halogens is 1. The van der Waals surface area contributed by atoms with Gasteiger partial charge in [0.05, 0.1) is 10.6 Å². The van der Waals surface area contributed by atoms with Gasteiger partial charge in [-0.3, -0.25) is 4.79 Å². The summed E-state index contributed by atoms with van der Waals surface area (Å²) in [5.74, 6) is 0.355. The molecule has 2 aromatic heterocycles. The van der Waals surface area contributed by atoms with Crippen molar-refractivity contribution in [3.63, 3.8) is 0 Å². The van der Waals surface area contributed by atoms with Crippen LogP contribution < -0.4 is 5.32 Å². The number of amides is 1. The van der Waals surface area contributed by atoms with Crippen molar-refractivity contribution in [3.8, 4) is 16.4 Å². The smallest absolute Gasteiger partial charge is 0.291 e. The van der Waals surface area contributed by atoms with E-state index in [-0.39, 0.29) is 17.5 Å². The molecule has 0 spiro atoms. The van der Waals surface area contributed by atoms with Gasteiger partial charge >= 0.3 is 0 Å². The summed E-state index contributed by atoms with van der Waals surface area (Å²) in [4.78, 5) is 17.5. The van der Waals surface area contributed by atoms with Gasteiger partial charge in [0.2, 0.25) is 5.82 Å². The van der Waals surface area contributed by atoms with E-state index in [0.717, 1.165) is 4.88 Å². The maximum absolute atomic E-state index is 13.2. The maximum atomic E-state index is 13.2. The molecule has 5 nitrogen and oxygen atoms in total. The minimum atomic E-state index is -0.327. The van der Waals surface area contributed by atoms with E-state index in [1.807, 2.05) is 31.4 Å². The van der Waals surface area contributed by atoms with Crippen LogP contribution in [0, 0.1) is 11.7 Å². The lowest BCUT2D eigenvalue weighted by atomic mass is 10.2. The van der Waals surface area contributed by atoms with Gasteiger partial charge in [-0.25, -0.2) is 14.1 Å². The molecule has 0 aliphatic carbocycles. The molecule has 0 atom stereocenters. The molecule has 0 unspecified atom stereocenters. The molecular formula is C17H17FN4OS. The second kappa shape index (κ2) is 6.92. The quantitative estimate of drug-likeness (QED) is 0.770. The van der Waals surface area contributed by atoms with Crippen molar-refractivity contribution >= 4 is 17.2 Å². The maximum Gasteiger partial charge on any atom is 0.291 e. The van der Waals surface area contributed by atoms with Gasteiger partial charge in [0.25, 0.3) is 5.91 Å². The van der Waals surface area contributed by atoms with E-state index in [4.69, 9.17) is 0 Å². The van der Waals surface area contributed by atoms with E-state index in [2.05, 4.69) is 15.4 Å². The van der Waals surface area contributed by atoms with Gasteiger partial charge in [0.15, 0.2) is 5.82 Å². The molecule has 0 fully saturated rings. The van der Waals surface area contributed by atoms with Crippen LogP contribution in [0.4, 0.5) is 4.39 Å². The number of carbonyl (C=O) groups is 1. The van der Waals surface area contributed by atoms with E-state index in [0.29, 0.717) is 24.0 Å². The molecule has 0 saturated heterocycles. The first kappa shape index (κ1) is 16.3. The Morgan fingerprint density at radius 3 is 2.67 bits per heavy atom. The van der Waals surface area contributed by atoms with Crippen LogP contribution in [0.2, 0.25) is 0 Å². The Kier molecular flexibility index (Phi) is 4.71. The molecule has 0 bridgehead atoms. The van der Waals surface area contributed by atoms with Crippen LogP contribution in [0.25, 0.3) is 16.4 Å². The highest BCUT2D eigenvalue weighted by Gasteiger charge is 2.19. The molecule has 1 aromatic carbocycles. The summed E-state index contributed by atoms with van der Waals surface area (Å²) in [6, 6.07) is 9.74. The largest absolute Gasteiger partial charge is 0.349 e. The molecule has 124 valence electrons. The Morgan fingerprint density at radius 1 is 1.29 bits per heavy atom. The van der Waals surface area contributed by atoms with E-state index >= 15 is 0 Å². The third-order valence-electron chi connectivity index (χ3n) is 3.29. The van der Waals surface area contributed by atoms with Crippen LogP contribution in [0.5, 0.6) is 0 Å². The summed E-state index contributed by atoms with van der Waals surface area (Å²) >= 11 is 1.50. The molecule has 24 heavy (non-hydrogen) atoms. The Labute approximate surface area is 143 Å². The third-order valence-corrected chi connectivity index (χ3v) is 4.16. The topological polar surface area (TPSA) is 59.8 Å². The molecule has 7 heteroatoms. The summed E-state index contributed by atoms with van der Waals surface area (Å²) in [6.45, 7) is 4.59. The number of nitrogens with one attached hydrogen (secondary N) is 1. The lowest BCUT2D eigenvalue weighted by molar-refractivity contribution is 0.0938. The highest BCUT2D eigenvalue weighted by molar-refractivity contribution is 7.13. The minimum absolute atomic E-state index is 0.100. The number of hydrogen-bond donors (Lipinski definition) is 1. The molecule has 3 aromatic rings. The molecule has 0 aliphatic heterocycles. The first-order valence-electron chi connectivity index (χ1n) is 7.59. The van der Waals surface area contributed by atoms with E-state index in [1.165, 1.54) is 23.5 Å². The Balaban J connectivity index is 2.00. The van der Waals surface area contributed by atoms with Crippen LogP contribution in [0.1, 0.15) is 24.5 Å². The second-order valence-electron chi connectivity index (χ2n) is 5.73. The minimum Gasteiger partial charge on any atom is -0.349 e. The van der Waals surface area contributed by atoms with Gasteiger partial charge < -0.3 is 5.32 Å². The van der Waals surface area contributed by atoms with Crippen molar-refractivity contribution in [1.82, 2.24) is 20.1 Å². The number of rotatable bonds is 5. The summed E-state index contributed by atoms with van der Waals surface area (Å²) in [6.07, 6.45) is 0. The zero-order valence-corrected chi connectivity index (χ0v) is 14.2. The number of carbonyl (C=O) groups excluding carboxylic acids is 1. The van der Waals surface area contributed by atoms with Crippen LogP contribution in [-0.4, -0.2) is 27.2 Å². The summed E-state index contributed by atoms with van der Waals surface area (Å²) < 4.78 is 14.7. The van der Waals surface area contributed by atoms with Crippen molar-refractivity contribution in [2.75, 3.05) is 6.54 Å². The Bertz CT molecular complexity index is 825. The van der Waals surface area contributed by atoms with E-state index in [9.17, 15) is 9.18 Å². The fourth-order valence-electron chi connectivity index (χ4n) is 2.11. The molecular weight excluding hydrogens is 327 g/mol. The normalized spacial score (nSPS) is 11.0. The van der Waals surface area contributed by atoms with Crippen molar-refractivity contribution in [2.24, 2.45) is 5.92 Å². The highest BCUT2D eigenvalue weighted by atomic mass is 32.1. The summed E-state index contributed by atoms with van der Waals surface area (Å²) in [7, 11) is 0. The molecule has 3 rings (SSSR count). The predicted octanol–water partition coefficient (Wildman–Crippen LogP) is 3.52. The first-order valence-corrected chi connectivity index (χ1v) is 8.47. The SMILES string of the molecule is CC(C)CNC(=O)c1nc(-c2cccs2)n(-c2ccc(F)cc2)n1. The molecule has 1 amide bonds. The fraction of sp³-hybridized carbons (Fsp3) is 0.235. The molecule has 0 aliphatic rings. The number of aromatic nitrogens is 3. The molecule has 2 heterocycles. The second-order valence-corrected chi connectivity index (χ2v) is 6.68. The third kappa shape index (κ3) is 3.51. The van der Waals surface area contributed by atoms with Gasteiger partial charge in [0, 0.05) is 6.54 Å². The number of nitrogens with zero attached hydrogens (tertiary/aromatic N) is 3. The number of hydrogen-bond acceptors (Lipinski definition) is 4. The average molecular weight is 344 g/mol. The summed E-state index contributed by atoms with van der Waals surface area (Å²) in [5.41, 5.74) is 0.648. The van der Waals surface area contributed by atoms with E-state index in [1.54, 1.807) is 16.8 Å². The van der Waals surface area contributed by atoms with Crippen molar-refractivity contribution < 1.29 is 9.18 Å². The van der Waals surface area contributed by atoms with Crippen LogP contribution in [0.3, 0.4) is 0 Å². The van der Waals surface area contributed by atoms with Crippen LogP contribution in [-0.2, 0) is 0 Å². The fourth-order valence-corrected chi connectivity index (χ4v) is 2.81. The first-order chi connectivity index (χ1) is 11.5. The number of benzene rings is 1. The average Bonchev–Trinajstić information content (AvgIpc) is 3.22. The molecule has 0 radical (unpaired) electrons. The van der Waals surface area contributed by atoms with Gasteiger partial charge in [-0.05, 0) is 41.6 Å². The van der Waals surface area contributed by atoms with E-state index < -0.39 is 0 Å². The zero-order valence-electron chi connectivity index (χ0n) is 13.4. The van der Waals surface area contributed by atoms with Crippen molar-refractivity contribution in [2.45, 2.75) is 13.8 Å². The predicted molar refractivity (Wildman–Crippen MR) is 91.8 cm³/mol. The lowest BCUT2D eigenvalue weighted by Gasteiger charge is -2.05. The van der Waals surface area contributed by atoms with Crippen molar-refractivity contribution in [1.29, 1.82) is 0 Å². The van der Waals surface area contributed by atoms with Crippen molar-refractivity contribution in [3.05, 3.63) is 53.4 Å². The highest BCUT2D eigenvalue weighted by Crippen LogP contribution is 2.25. The standard InChI is InChI=1S/C17H17FN4OS/c1-11(2)10-19-17(23)15-20-16(14-4-3-9-24-14)22(21-15)13-7-5-12(18)6-8-13/h3-9,11H,10H2,1-2H3,(H,19,23). The Morgan fingerprint density at radius 2 is 2.04 bits per heavy atom. The molecule has 0 saturated carbocycles. The zero-order chi connectivity index (χ0) is 17.1. The van der Waals surface area contributed by atoms with Crippen LogP contribution in [0.15, 0.2) is 41.8 Å². The molecule has 1 N–H and O–H groups in total. The van der Waals surface area contributed by atoms with Gasteiger partial charge in [-0.1, -0.05) is 19.9 Å². The van der Waals surface area contributed by atoms with Crippen LogP contribution >= 0.6 is 11.3 Å². The van der Waals surface area contributed by atoms with Gasteiger partial charge in [-0.15, -0.1) is 16.4 Å². The monoisotopic (exact) mass is 344 g/mol. The Hall–Kier alpha value is -2.54. The lowest BCUT2D eigenvalue weighted by Crippen LogP contribution is -2.28. The summed E-state index contributed by atoms with van der Waals surface area (Å²) in [5, 5.41) is 9.06.